The van der Waals surface area contributed by atoms with E-state index in [2.05, 4.69) is 26.6 Å². The third-order valence-corrected chi connectivity index (χ3v) is 4.02. The summed E-state index contributed by atoms with van der Waals surface area (Å²) in [6.45, 7) is 2.04. The van der Waals surface area contributed by atoms with Crippen molar-refractivity contribution in [1.82, 2.24) is 5.32 Å². The van der Waals surface area contributed by atoms with E-state index in [-0.39, 0.29) is 18.3 Å². The Labute approximate surface area is 134 Å². The molecule has 1 aromatic rings. The molecule has 0 spiro atoms. The Hall–Kier alpha value is -0.780. The summed E-state index contributed by atoms with van der Waals surface area (Å²) in [6, 6.07) is 5.57. The number of halogens is 2. The second kappa shape index (κ2) is 8.49. The lowest BCUT2D eigenvalue weighted by Gasteiger charge is -2.22. The van der Waals surface area contributed by atoms with Crippen molar-refractivity contribution in [2.75, 3.05) is 25.5 Å². The van der Waals surface area contributed by atoms with Gasteiger partial charge in [0.2, 0.25) is 5.91 Å². The van der Waals surface area contributed by atoms with Gasteiger partial charge in [0, 0.05) is 18.2 Å². The predicted molar refractivity (Wildman–Crippen MR) is 86.8 cm³/mol. The molecule has 0 bridgehead atoms. The number of amides is 1. The standard InChI is InChI=1S/C14H19BrN2O2.ClH/c1-19-13-9-11(2-3-12(13)15)17-14(18)8-10-4-6-16-7-5-10;/h2-3,9-10,16H,4-8H2,1H3,(H,17,18);1H. The third-order valence-electron chi connectivity index (χ3n) is 3.37. The summed E-state index contributed by atoms with van der Waals surface area (Å²) < 4.78 is 6.09. The lowest BCUT2D eigenvalue weighted by molar-refractivity contribution is -0.117. The van der Waals surface area contributed by atoms with Crippen LogP contribution in [-0.2, 0) is 4.79 Å². The highest BCUT2D eigenvalue weighted by molar-refractivity contribution is 9.10. The second-order valence-electron chi connectivity index (χ2n) is 4.80. The molecule has 6 heteroatoms. The molecule has 2 rings (SSSR count). The van der Waals surface area contributed by atoms with Crippen LogP contribution >= 0.6 is 28.3 Å². The largest absolute Gasteiger partial charge is 0.495 e. The van der Waals surface area contributed by atoms with Crippen molar-refractivity contribution < 1.29 is 9.53 Å². The Kier molecular flexibility index (Phi) is 7.34. The fourth-order valence-corrected chi connectivity index (χ4v) is 2.71. The van der Waals surface area contributed by atoms with E-state index in [0.717, 1.165) is 41.8 Å². The van der Waals surface area contributed by atoms with Crippen molar-refractivity contribution in [2.24, 2.45) is 5.92 Å². The summed E-state index contributed by atoms with van der Waals surface area (Å²) >= 11 is 3.39. The molecule has 1 heterocycles. The highest BCUT2D eigenvalue weighted by atomic mass is 79.9. The normalized spacial score (nSPS) is 15.3. The first-order valence-electron chi connectivity index (χ1n) is 6.53. The van der Waals surface area contributed by atoms with Crippen LogP contribution in [0.5, 0.6) is 5.75 Å². The van der Waals surface area contributed by atoms with Gasteiger partial charge in [-0.05, 0) is 59.9 Å². The molecule has 0 aromatic heterocycles. The Balaban J connectivity index is 0.00000200. The summed E-state index contributed by atoms with van der Waals surface area (Å²) in [7, 11) is 1.61. The number of piperidine rings is 1. The molecule has 0 aliphatic carbocycles. The minimum absolute atomic E-state index is 0. The Bertz CT molecular complexity index is 451. The summed E-state index contributed by atoms with van der Waals surface area (Å²) in [4.78, 5) is 12.0. The molecule has 0 unspecified atom stereocenters. The molecule has 4 nitrogen and oxygen atoms in total. The van der Waals surface area contributed by atoms with Gasteiger partial charge in [0.15, 0.2) is 0 Å². The number of rotatable bonds is 4. The maximum atomic E-state index is 12.0. The lowest BCUT2D eigenvalue weighted by atomic mass is 9.94. The molecule has 1 saturated heterocycles. The monoisotopic (exact) mass is 362 g/mol. The van der Waals surface area contributed by atoms with E-state index < -0.39 is 0 Å². The smallest absolute Gasteiger partial charge is 0.224 e. The first-order chi connectivity index (χ1) is 9.19. The molecule has 112 valence electrons. The molecular weight excluding hydrogens is 344 g/mol. The Morgan fingerprint density at radius 2 is 2.15 bits per heavy atom. The van der Waals surface area contributed by atoms with Gasteiger partial charge < -0.3 is 15.4 Å². The molecule has 1 aliphatic heterocycles. The van der Waals surface area contributed by atoms with Gasteiger partial charge in [-0.3, -0.25) is 4.79 Å². The molecule has 2 N–H and O–H groups in total. The number of hydrogen-bond donors (Lipinski definition) is 2. The number of carbonyl (C=O) groups excluding carboxylic acids is 1. The molecule has 0 saturated carbocycles. The molecule has 1 amide bonds. The quantitative estimate of drug-likeness (QED) is 0.863. The second-order valence-corrected chi connectivity index (χ2v) is 5.65. The highest BCUT2D eigenvalue weighted by Crippen LogP contribution is 2.28. The summed E-state index contributed by atoms with van der Waals surface area (Å²) in [5, 5.41) is 6.24. The van der Waals surface area contributed by atoms with Crippen molar-refractivity contribution in [2.45, 2.75) is 19.3 Å². The fraction of sp³-hybridized carbons (Fsp3) is 0.500. The first-order valence-corrected chi connectivity index (χ1v) is 7.32. The van der Waals surface area contributed by atoms with E-state index in [9.17, 15) is 4.79 Å². The first kappa shape index (κ1) is 17.3. The van der Waals surface area contributed by atoms with Gasteiger partial charge in [0.25, 0.3) is 0 Å². The number of benzene rings is 1. The minimum atomic E-state index is 0. The average Bonchev–Trinajstić information content (AvgIpc) is 2.42. The van der Waals surface area contributed by atoms with Crippen LogP contribution in [0, 0.1) is 5.92 Å². The summed E-state index contributed by atoms with van der Waals surface area (Å²) in [5.41, 5.74) is 0.777. The SMILES string of the molecule is COc1cc(NC(=O)CC2CCNCC2)ccc1Br.Cl. The lowest BCUT2D eigenvalue weighted by Crippen LogP contribution is -2.30. The molecule has 20 heavy (non-hydrogen) atoms. The van der Waals surface area contributed by atoms with Crippen molar-refractivity contribution in [3.8, 4) is 5.75 Å². The van der Waals surface area contributed by atoms with Crippen molar-refractivity contribution >= 4 is 39.9 Å². The van der Waals surface area contributed by atoms with Gasteiger partial charge in [0.05, 0.1) is 11.6 Å². The van der Waals surface area contributed by atoms with Crippen molar-refractivity contribution in [1.29, 1.82) is 0 Å². The van der Waals surface area contributed by atoms with Crippen LogP contribution in [0.3, 0.4) is 0 Å². The van der Waals surface area contributed by atoms with Gasteiger partial charge in [-0.25, -0.2) is 0 Å². The summed E-state index contributed by atoms with van der Waals surface area (Å²) in [5.74, 6) is 1.30. The molecule has 1 fully saturated rings. The van der Waals surface area contributed by atoms with E-state index in [0.29, 0.717) is 12.3 Å². The van der Waals surface area contributed by atoms with E-state index in [1.54, 1.807) is 7.11 Å². The van der Waals surface area contributed by atoms with Crippen LogP contribution in [0.1, 0.15) is 19.3 Å². The van der Waals surface area contributed by atoms with E-state index in [1.165, 1.54) is 0 Å². The summed E-state index contributed by atoms with van der Waals surface area (Å²) in [6.07, 6.45) is 2.76. The van der Waals surface area contributed by atoms with Gasteiger partial charge >= 0.3 is 0 Å². The number of ether oxygens (including phenoxy) is 1. The van der Waals surface area contributed by atoms with Crippen LogP contribution in [0.25, 0.3) is 0 Å². The average molecular weight is 364 g/mol. The highest BCUT2D eigenvalue weighted by Gasteiger charge is 2.17. The van der Waals surface area contributed by atoms with Gasteiger partial charge in [-0.2, -0.15) is 0 Å². The Morgan fingerprint density at radius 3 is 2.80 bits per heavy atom. The molecule has 1 aliphatic rings. The zero-order chi connectivity index (χ0) is 13.7. The number of methoxy groups -OCH3 is 1. The maximum Gasteiger partial charge on any atom is 0.224 e. The van der Waals surface area contributed by atoms with Gasteiger partial charge in [0.1, 0.15) is 5.75 Å². The van der Waals surface area contributed by atoms with E-state index in [4.69, 9.17) is 4.74 Å². The third kappa shape index (κ3) is 4.96. The van der Waals surface area contributed by atoms with E-state index >= 15 is 0 Å². The number of carbonyl (C=O) groups is 1. The van der Waals surface area contributed by atoms with Crippen LogP contribution in [-0.4, -0.2) is 26.1 Å². The van der Waals surface area contributed by atoms with Crippen molar-refractivity contribution in [3.05, 3.63) is 22.7 Å². The number of anilines is 1. The molecule has 0 radical (unpaired) electrons. The number of hydrogen-bond acceptors (Lipinski definition) is 3. The van der Waals surface area contributed by atoms with E-state index in [1.807, 2.05) is 18.2 Å². The zero-order valence-electron chi connectivity index (χ0n) is 11.4. The minimum Gasteiger partial charge on any atom is -0.495 e. The van der Waals surface area contributed by atoms with Crippen molar-refractivity contribution in [3.63, 3.8) is 0 Å². The zero-order valence-corrected chi connectivity index (χ0v) is 13.9. The van der Waals surface area contributed by atoms with Crippen LogP contribution in [0.15, 0.2) is 22.7 Å². The maximum absolute atomic E-state index is 12.0. The van der Waals surface area contributed by atoms with Crippen LogP contribution in [0.2, 0.25) is 0 Å². The van der Waals surface area contributed by atoms with Crippen LogP contribution in [0.4, 0.5) is 5.69 Å². The number of nitrogens with one attached hydrogen (secondary N) is 2. The molecule has 0 atom stereocenters. The van der Waals surface area contributed by atoms with Gasteiger partial charge in [-0.1, -0.05) is 0 Å². The van der Waals surface area contributed by atoms with Crippen LogP contribution < -0.4 is 15.4 Å². The fourth-order valence-electron chi connectivity index (χ4n) is 2.30. The molecular formula is C14H20BrClN2O2. The molecule has 1 aromatic carbocycles. The van der Waals surface area contributed by atoms with Gasteiger partial charge in [-0.15, -0.1) is 12.4 Å². The Morgan fingerprint density at radius 1 is 1.45 bits per heavy atom. The topological polar surface area (TPSA) is 50.4 Å². The predicted octanol–water partition coefficient (Wildman–Crippen LogP) is 3.21.